The van der Waals surface area contributed by atoms with E-state index >= 15 is 0 Å². The molecule has 0 bridgehead atoms. The van der Waals surface area contributed by atoms with Crippen LogP contribution in [0.15, 0.2) is 53.4 Å². The number of thiazole rings is 1. The first kappa shape index (κ1) is 23.0. The second kappa shape index (κ2) is 11.1. The fourth-order valence-corrected chi connectivity index (χ4v) is 4.48. The highest BCUT2D eigenvalue weighted by atomic mass is 32.2. The van der Waals surface area contributed by atoms with E-state index in [4.69, 9.17) is 0 Å². The average molecular weight is 454 g/mol. The Morgan fingerprint density at radius 1 is 0.968 bits per heavy atom. The monoisotopic (exact) mass is 453 g/mol. The molecular weight excluding hydrogens is 426 g/mol. The largest absolute Gasteiger partial charge is 0.326 e. The lowest BCUT2D eigenvalue weighted by molar-refractivity contribution is -0.116. The minimum Gasteiger partial charge on any atom is -0.326 e. The van der Waals surface area contributed by atoms with Crippen LogP contribution in [0.4, 0.5) is 10.8 Å². The first-order chi connectivity index (χ1) is 14.9. The van der Waals surface area contributed by atoms with Crippen molar-refractivity contribution in [3.05, 3.63) is 59.0 Å². The maximum atomic E-state index is 12.4. The number of thioether (sulfide) groups is 1. The number of hydrogen-bond acceptors (Lipinski definition) is 5. The third kappa shape index (κ3) is 6.94. The minimum absolute atomic E-state index is 0.0328. The number of amides is 2. The molecule has 1 heterocycles. The van der Waals surface area contributed by atoms with Crippen LogP contribution in [0.25, 0.3) is 11.3 Å². The zero-order chi connectivity index (χ0) is 22.2. The van der Waals surface area contributed by atoms with Crippen LogP contribution >= 0.6 is 23.1 Å². The van der Waals surface area contributed by atoms with E-state index in [0.29, 0.717) is 17.3 Å². The molecule has 2 aromatic carbocycles. The van der Waals surface area contributed by atoms with Gasteiger partial charge in [0.1, 0.15) is 0 Å². The molecule has 3 aromatic rings. The Morgan fingerprint density at radius 2 is 1.68 bits per heavy atom. The van der Waals surface area contributed by atoms with Crippen LogP contribution in [0.3, 0.4) is 0 Å². The van der Waals surface area contributed by atoms with Crippen molar-refractivity contribution in [2.45, 2.75) is 44.9 Å². The summed E-state index contributed by atoms with van der Waals surface area (Å²) >= 11 is 2.93. The first-order valence-electron chi connectivity index (χ1n) is 10.3. The van der Waals surface area contributed by atoms with Crippen LogP contribution in [-0.4, -0.2) is 22.6 Å². The number of unbranched alkanes of at least 4 members (excludes halogenated alkanes) is 1. The van der Waals surface area contributed by atoms with E-state index in [2.05, 4.69) is 53.7 Å². The van der Waals surface area contributed by atoms with E-state index in [1.165, 1.54) is 28.7 Å². The van der Waals surface area contributed by atoms with Crippen LogP contribution in [0.1, 0.15) is 36.6 Å². The molecule has 162 valence electrons. The zero-order valence-corrected chi connectivity index (χ0v) is 19.7. The van der Waals surface area contributed by atoms with Gasteiger partial charge in [0.05, 0.1) is 11.4 Å². The number of rotatable bonds is 9. The van der Waals surface area contributed by atoms with Gasteiger partial charge in [0, 0.05) is 27.4 Å². The Labute approximate surface area is 191 Å². The van der Waals surface area contributed by atoms with Gasteiger partial charge in [0.25, 0.3) is 0 Å². The first-order valence-corrected chi connectivity index (χ1v) is 12.1. The summed E-state index contributed by atoms with van der Waals surface area (Å²) in [5, 5.41) is 6.41. The number of anilines is 2. The molecule has 0 saturated heterocycles. The lowest BCUT2D eigenvalue weighted by atomic mass is 10.1. The van der Waals surface area contributed by atoms with Gasteiger partial charge in [-0.25, -0.2) is 4.98 Å². The fourth-order valence-electron chi connectivity index (χ4n) is 2.93. The van der Waals surface area contributed by atoms with Crippen molar-refractivity contribution in [2.75, 3.05) is 16.4 Å². The Morgan fingerprint density at radius 3 is 2.35 bits per heavy atom. The van der Waals surface area contributed by atoms with Crippen molar-refractivity contribution in [3.63, 3.8) is 0 Å². The molecule has 0 aliphatic carbocycles. The molecule has 0 atom stereocenters. The zero-order valence-electron chi connectivity index (χ0n) is 18.0. The number of nitrogens with one attached hydrogen (secondary N) is 2. The molecule has 2 amide bonds. The molecule has 0 unspecified atom stereocenters. The van der Waals surface area contributed by atoms with Crippen molar-refractivity contribution >= 4 is 45.7 Å². The van der Waals surface area contributed by atoms with Crippen molar-refractivity contribution in [1.29, 1.82) is 0 Å². The van der Waals surface area contributed by atoms with Gasteiger partial charge in [-0.15, -0.1) is 23.1 Å². The molecule has 0 spiro atoms. The lowest BCUT2D eigenvalue weighted by Gasteiger charge is -2.06. The molecule has 1 aromatic heterocycles. The topological polar surface area (TPSA) is 71.1 Å². The van der Waals surface area contributed by atoms with E-state index in [0.717, 1.165) is 39.6 Å². The molecule has 0 fully saturated rings. The van der Waals surface area contributed by atoms with Gasteiger partial charge in [-0.1, -0.05) is 43.2 Å². The van der Waals surface area contributed by atoms with E-state index in [-0.39, 0.29) is 11.8 Å². The van der Waals surface area contributed by atoms with Crippen molar-refractivity contribution in [3.8, 4) is 11.3 Å². The van der Waals surface area contributed by atoms with Crippen molar-refractivity contribution in [2.24, 2.45) is 0 Å². The van der Waals surface area contributed by atoms with E-state index in [9.17, 15) is 9.59 Å². The molecule has 3 rings (SSSR count). The summed E-state index contributed by atoms with van der Waals surface area (Å²) in [7, 11) is 0. The van der Waals surface area contributed by atoms with Gasteiger partial charge in [-0.05, 0) is 44.5 Å². The second-order valence-electron chi connectivity index (χ2n) is 7.30. The third-order valence-corrected chi connectivity index (χ3v) is 6.53. The quantitative estimate of drug-likeness (QED) is 0.374. The number of carbonyl (C=O) groups is 2. The number of aromatic nitrogens is 1. The SMILES string of the molecule is CCCCC(=O)Nc1ccc(SCC(=O)Nc2nc(-c3ccc(C)cc3)c(C)s2)cc1. The Bertz CT molecular complexity index is 1030. The summed E-state index contributed by atoms with van der Waals surface area (Å²) in [4.78, 5) is 30.8. The number of aryl methyl sites for hydroxylation is 2. The smallest absolute Gasteiger partial charge is 0.236 e. The molecule has 0 aliphatic heterocycles. The summed E-state index contributed by atoms with van der Waals surface area (Å²) in [6.45, 7) is 6.13. The van der Waals surface area contributed by atoms with Crippen LogP contribution in [0, 0.1) is 13.8 Å². The summed E-state index contributed by atoms with van der Waals surface area (Å²) in [5.74, 6) is 0.234. The average Bonchev–Trinajstić information content (AvgIpc) is 3.12. The lowest BCUT2D eigenvalue weighted by Crippen LogP contribution is -2.13. The van der Waals surface area contributed by atoms with Gasteiger partial charge >= 0.3 is 0 Å². The highest BCUT2D eigenvalue weighted by molar-refractivity contribution is 8.00. The highest BCUT2D eigenvalue weighted by Crippen LogP contribution is 2.30. The molecule has 0 saturated carbocycles. The minimum atomic E-state index is -0.0915. The summed E-state index contributed by atoms with van der Waals surface area (Å²) in [6, 6.07) is 15.8. The van der Waals surface area contributed by atoms with Crippen molar-refractivity contribution < 1.29 is 9.59 Å². The molecule has 5 nitrogen and oxygen atoms in total. The van der Waals surface area contributed by atoms with Crippen LogP contribution in [0.5, 0.6) is 0 Å². The number of nitrogens with zero attached hydrogens (tertiary/aromatic N) is 1. The van der Waals surface area contributed by atoms with Crippen LogP contribution in [-0.2, 0) is 9.59 Å². The molecule has 7 heteroatoms. The maximum Gasteiger partial charge on any atom is 0.236 e. The summed E-state index contributed by atoms with van der Waals surface area (Å²) in [6.07, 6.45) is 2.42. The Kier molecular flexibility index (Phi) is 8.26. The number of carbonyl (C=O) groups excluding carboxylic acids is 2. The van der Waals surface area contributed by atoms with Crippen molar-refractivity contribution in [1.82, 2.24) is 4.98 Å². The Balaban J connectivity index is 1.51. The summed E-state index contributed by atoms with van der Waals surface area (Å²) < 4.78 is 0. The summed E-state index contributed by atoms with van der Waals surface area (Å²) in [5.41, 5.74) is 3.94. The fraction of sp³-hybridized carbons (Fsp3) is 0.292. The third-order valence-electron chi connectivity index (χ3n) is 4.63. The molecule has 0 aliphatic rings. The van der Waals surface area contributed by atoms with Gasteiger partial charge in [-0.3, -0.25) is 9.59 Å². The molecule has 31 heavy (non-hydrogen) atoms. The van der Waals surface area contributed by atoms with Crippen LogP contribution in [0.2, 0.25) is 0 Å². The van der Waals surface area contributed by atoms with Gasteiger partial charge in [0.15, 0.2) is 5.13 Å². The number of benzene rings is 2. The Hall–Kier alpha value is -2.64. The van der Waals surface area contributed by atoms with Crippen LogP contribution < -0.4 is 10.6 Å². The molecular formula is C24H27N3O2S2. The van der Waals surface area contributed by atoms with E-state index in [1.54, 1.807) is 0 Å². The highest BCUT2D eigenvalue weighted by Gasteiger charge is 2.12. The predicted octanol–water partition coefficient (Wildman–Crippen LogP) is 6.29. The predicted molar refractivity (Wildman–Crippen MR) is 131 cm³/mol. The standard InChI is InChI=1S/C24H27N3O2S2/c1-4-5-6-21(28)25-19-11-13-20(14-12-19)30-15-22(29)26-24-27-23(17(3)31-24)18-9-7-16(2)8-10-18/h7-14H,4-6,15H2,1-3H3,(H,25,28)(H,26,27,29). The molecule has 2 N–H and O–H groups in total. The van der Waals surface area contributed by atoms with E-state index < -0.39 is 0 Å². The maximum absolute atomic E-state index is 12.4. The normalized spacial score (nSPS) is 10.7. The van der Waals surface area contributed by atoms with Gasteiger partial charge in [-0.2, -0.15) is 0 Å². The van der Waals surface area contributed by atoms with E-state index in [1.807, 2.05) is 31.2 Å². The second-order valence-corrected chi connectivity index (χ2v) is 9.55. The number of hydrogen-bond donors (Lipinski definition) is 2. The van der Waals surface area contributed by atoms with Gasteiger partial charge in [0.2, 0.25) is 11.8 Å². The molecule has 0 radical (unpaired) electrons. The van der Waals surface area contributed by atoms with Gasteiger partial charge < -0.3 is 10.6 Å².